The first-order chi connectivity index (χ1) is 7.06. The Morgan fingerprint density at radius 3 is 1.13 bits per heavy atom. The Bertz CT molecular complexity index is 124. The van der Waals surface area contributed by atoms with E-state index in [1.54, 1.807) is 12.2 Å². The van der Waals surface area contributed by atoms with E-state index in [0.717, 1.165) is 0 Å². The van der Waals surface area contributed by atoms with Gasteiger partial charge in [0.1, 0.15) is 0 Å². The Morgan fingerprint density at radius 1 is 0.933 bits per heavy atom. The van der Waals surface area contributed by atoms with Crippen LogP contribution in [0.1, 0.15) is 48.0 Å². The monoisotopic (exact) mass is 210 g/mol. The second-order valence-corrected chi connectivity index (χ2v) is 2.77. The highest BCUT2D eigenvalue weighted by Gasteiger charge is 1.51. The van der Waals surface area contributed by atoms with Gasteiger partial charge in [-0.15, -0.1) is 6.58 Å². The van der Waals surface area contributed by atoms with Gasteiger partial charge in [-0.2, -0.15) is 0 Å². The third-order valence-electron chi connectivity index (χ3n) is 0.383. The summed E-state index contributed by atoms with van der Waals surface area (Å²) in [6, 6.07) is 0. The van der Waals surface area contributed by atoms with Crippen molar-refractivity contribution in [3.8, 4) is 0 Å². The van der Waals surface area contributed by atoms with E-state index in [9.17, 15) is 0 Å². The molecule has 0 aromatic carbocycles. The molecule has 0 saturated carbocycles. The first kappa shape index (κ1) is 23.6. The Morgan fingerprint density at radius 2 is 1.07 bits per heavy atom. The molecule has 0 amide bonds. The van der Waals surface area contributed by atoms with Gasteiger partial charge in [0.15, 0.2) is 0 Å². The van der Waals surface area contributed by atoms with Crippen molar-refractivity contribution < 1.29 is 0 Å². The lowest BCUT2D eigenvalue weighted by atomic mass is 10.4. The summed E-state index contributed by atoms with van der Waals surface area (Å²) in [5, 5.41) is 0. The van der Waals surface area contributed by atoms with Crippen molar-refractivity contribution in [2.75, 3.05) is 0 Å². The highest BCUT2D eigenvalue weighted by atomic mass is 13.6. The van der Waals surface area contributed by atoms with Gasteiger partial charge in [-0.25, -0.2) is 0 Å². The van der Waals surface area contributed by atoms with E-state index in [0.29, 0.717) is 0 Å². The van der Waals surface area contributed by atoms with Crippen LogP contribution in [0.2, 0.25) is 0 Å². The summed E-state index contributed by atoms with van der Waals surface area (Å²) in [6.07, 6.45) is 8.32. The van der Waals surface area contributed by atoms with E-state index >= 15 is 0 Å². The topological polar surface area (TPSA) is 0 Å². The van der Waals surface area contributed by atoms with Crippen LogP contribution in [0.25, 0.3) is 0 Å². The molecule has 0 fully saturated rings. The molecule has 0 bridgehead atoms. The van der Waals surface area contributed by atoms with Crippen LogP contribution in [-0.2, 0) is 0 Å². The fourth-order valence-electron chi connectivity index (χ4n) is 0.157. The third-order valence-corrected chi connectivity index (χ3v) is 0.383. The van der Waals surface area contributed by atoms with Crippen LogP contribution < -0.4 is 0 Å². The quantitative estimate of drug-likeness (QED) is 0.391. The Kier molecular flexibility index (Phi) is 60.3. The molecule has 0 aliphatic carbocycles. The molecular formula is C15H30. The highest BCUT2D eigenvalue weighted by Crippen LogP contribution is 1.73. The van der Waals surface area contributed by atoms with Crippen molar-refractivity contribution in [2.24, 2.45) is 0 Å². The zero-order chi connectivity index (χ0) is 13.1. The van der Waals surface area contributed by atoms with Gasteiger partial charge in [-0.1, -0.05) is 77.2 Å². The Hall–Kier alpha value is -1.04. The molecule has 0 unspecified atom stereocenters. The SMILES string of the molecule is C=C(C)C.C=C/C=C\C=C.CC.CCC. The lowest BCUT2D eigenvalue weighted by Crippen LogP contribution is -1.43. The van der Waals surface area contributed by atoms with Crippen LogP contribution in [0.5, 0.6) is 0 Å². The Balaban J connectivity index is -0.0000000590. The standard InChI is InChI=1S/C6H8.C4H8.C3H8.C2H6/c1-3-5-6-4-2;1-4(2)3;1-3-2;1-2/h3-6H,1-2H2;1H2,2-3H3;3H2,1-2H3;1-2H3/b6-5-;;;. The zero-order valence-corrected chi connectivity index (χ0v) is 11.6. The van der Waals surface area contributed by atoms with Gasteiger partial charge < -0.3 is 0 Å². The van der Waals surface area contributed by atoms with Crippen LogP contribution in [0, 0.1) is 0 Å². The molecule has 0 saturated heterocycles. The molecule has 0 spiro atoms. The lowest BCUT2D eigenvalue weighted by Gasteiger charge is -1.65. The van der Waals surface area contributed by atoms with E-state index in [1.807, 2.05) is 39.8 Å². The molecule has 0 radical (unpaired) electrons. The van der Waals surface area contributed by atoms with E-state index < -0.39 is 0 Å². The second kappa shape index (κ2) is 38.3. The second-order valence-electron chi connectivity index (χ2n) is 2.77. The van der Waals surface area contributed by atoms with Crippen molar-refractivity contribution in [1.82, 2.24) is 0 Å². The molecule has 0 heteroatoms. The number of rotatable bonds is 2. The van der Waals surface area contributed by atoms with Crippen LogP contribution in [0.15, 0.2) is 49.6 Å². The van der Waals surface area contributed by atoms with Gasteiger partial charge in [0.2, 0.25) is 0 Å². The van der Waals surface area contributed by atoms with Crippen LogP contribution in [-0.4, -0.2) is 0 Å². The minimum atomic E-state index is 1.17. The summed E-state index contributed by atoms with van der Waals surface area (Å²) in [4.78, 5) is 0. The molecule has 90 valence electrons. The number of hydrogen-bond donors (Lipinski definition) is 0. The molecule has 0 N–H and O–H groups in total. The lowest BCUT2D eigenvalue weighted by molar-refractivity contribution is 1.09. The summed E-state index contributed by atoms with van der Waals surface area (Å²) in [7, 11) is 0. The fourth-order valence-corrected chi connectivity index (χ4v) is 0.157. The van der Waals surface area contributed by atoms with Crippen LogP contribution in [0.3, 0.4) is 0 Å². The van der Waals surface area contributed by atoms with E-state index in [2.05, 4.69) is 33.6 Å². The van der Waals surface area contributed by atoms with Crippen molar-refractivity contribution in [3.05, 3.63) is 49.6 Å². The fraction of sp³-hybridized carbons (Fsp3) is 0.467. The average molecular weight is 210 g/mol. The predicted octanol–water partition coefficient (Wildman–Crippen LogP) is 5.94. The summed E-state index contributed by atoms with van der Waals surface area (Å²) < 4.78 is 0. The maximum atomic E-state index is 3.56. The van der Waals surface area contributed by atoms with Crippen molar-refractivity contribution in [3.63, 3.8) is 0 Å². The molecule has 0 atom stereocenters. The van der Waals surface area contributed by atoms with Crippen LogP contribution >= 0.6 is 0 Å². The first-order valence-electron chi connectivity index (χ1n) is 5.58. The molecular weight excluding hydrogens is 180 g/mol. The molecule has 0 aliphatic rings. The molecule has 0 nitrogen and oxygen atoms in total. The average Bonchev–Trinajstić information content (AvgIpc) is 2.18. The predicted molar refractivity (Wildman–Crippen MR) is 77.3 cm³/mol. The van der Waals surface area contributed by atoms with Crippen molar-refractivity contribution >= 4 is 0 Å². The van der Waals surface area contributed by atoms with Crippen molar-refractivity contribution in [2.45, 2.75) is 48.0 Å². The molecule has 0 heterocycles. The first-order valence-corrected chi connectivity index (χ1v) is 5.58. The summed E-state index contributed by atoms with van der Waals surface area (Å²) in [5.74, 6) is 0. The number of allylic oxidation sites excluding steroid dienone is 5. The van der Waals surface area contributed by atoms with Gasteiger partial charge in [0, 0.05) is 0 Å². The van der Waals surface area contributed by atoms with Gasteiger partial charge >= 0.3 is 0 Å². The molecule has 0 aromatic heterocycles. The minimum absolute atomic E-state index is 1.17. The highest BCUT2D eigenvalue weighted by molar-refractivity contribution is 5.05. The summed E-state index contributed by atoms with van der Waals surface area (Å²) >= 11 is 0. The smallest absolute Gasteiger partial charge is 0.0445 e. The Labute approximate surface area is 98.1 Å². The molecule has 0 aliphatic heterocycles. The number of hydrogen-bond acceptors (Lipinski definition) is 0. The third kappa shape index (κ3) is 405. The van der Waals surface area contributed by atoms with Gasteiger partial charge in [0.05, 0.1) is 0 Å². The van der Waals surface area contributed by atoms with Gasteiger partial charge in [-0.05, 0) is 13.8 Å². The van der Waals surface area contributed by atoms with Gasteiger partial charge in [0.25, 0.3) is 0 Å². The van der Waals surface area contributed by atoms with E-state index in [4.69, 9.17) is 0 Å². The van der Waals surface area contributed by atoms with E-state index in [1.165, 1.54) is 12.0 Å². The maximum Gasteiger partial charge on any atom is -0.0445 e. The molecule has 15 heavy (non-hydrogen) atoms. The summed E-state index contributed by atoms with van der Waals surface area (Å²) in [6.45, 7) is 22.7. The van der Waals surface area contributed by atoms with Crippen LogP contribution in [0.4, 0.5) is 0 Å². The largest absolute Gasteiger partial charge is 0.100 e. The summed E-state index contributed by atoms with van der Waals surface area (Å²) in [5.41, 5.74) is 1.17. The normalized spacial score (nSPS) is 6.80. The van der Waals surface area contributed by atoms with E-state index in [-0.39, 0.29) is 0 Å². The molecule has 0 aromatic rings. The maximum absolute atomic E-state index is 3.56. The van der Waals surface area contributed by atoms with Gasteiger partial charge in [-0.3, -0.25) is 0 Å². The zero-order valence-electron chi connectivity index (χ0n) is 11.6. The minimum Gasteiger partial charge on any atom is -0.100 e. The molecule has 0 rings (SSSR count). The van der Waals surface area contributed by atoms with Crippen molar-refractivity contribution in [1.29, 1.82) is 0 Å².